The fourth-order valence-corrected chi connectivity index (χ4v) is 2.58. The van der Waals surface area contributed by atoms with Crippen LogP contribution in [0.4, 0.5) is 5.82 Å². The van der Waals surface area contributed by atoms with Crippen LogP contribution in [-0.4, -0.2) is 34.5 Å². The summed E-state index contributed by atoms with van der Waals surface area (Å²) < 4.78 is 0. The van der Waals surface area contributed by atoms with E-state index in [1.54, 1.807) is 18.6 Å². The summed E-state index contributed by atoms with van der Waals surface area (Å²) in [5.74, 6) is 0.508. The Kier molecular flexibility index (Phi) is 6.10. The molecule has 0 aliphatic heterocycles. The Bertz CT molecular complexity index is 863. The summed E-state index contributed by atoms with van der Waals surface area (Å²) in [6.07, 6.45) is 7.62. The highest BCUT2D eigenvalue weighted by Crippen LogP contribution is 2.09. The Hall–Kier alpha value is -3.28. The van der Waals surface area contributed by atoms with Crippen LogP contribution in [0.3, 0.4) is 0 Å². The molecule has 0 radical (unpaired) electrons. The van der Waals surface area contributed by atoms with Crippen LogP contribution in [-0.2, 0) is 13.0 Å². The second-order valence-electron chi connectivity index (χ2n) is 6.46. The van der Waals surface area contributed by atoms with Crippen molar-refractivity contribution < 1.29 is 4.79 Å². The molecule has 0 fully saturated rings. The minimum absolute atomic E-state index is 0.228. The first-order chi connectivity index (χ1) is 13.1. The molecule has 0 aliphatic rings. The maximum atomic E-state index is 12.2. The molecule has 2 heterocycles. The average Bonchev–Trinajstić information content (AvgIpc) is 2.72. The predicted octanol–water partition coefficient (Wildman–Crippen LogP) is 2.79. The number of likely N-dealkylation sites (N-methyl/N-ethyl adjacent to an activating group) is 1. The van der Waals surface area contributed by atoms with Crippen molar-refractivity contribution in [2.75, 3.05) is 18.5 Å². The largest absolute Gasteiger partial charge is 0.358 e. The van der Waals surface area contributed by atoms with E-state index in [1.165, 1.54) is 17.3 Å². The number of nitrogens with one attached hydrogen (secondary N) is 1. The highest BCUT2D eigenvalue weighted by Gasteiger charge is 2.09. The molecule has 0 spiro atoms. The zero-order chi connectivity index (χ0) is 19.1. The first kappa shape index (κ1) is 18.5. The van der Waals surface area contributed by atoms with Crippen molar-refractivity contribution in [1.29, 1.82) is 0 Å². The van der Waals surface area contributed by atoms with Gasteiger partial charge >= 0.3 is 0 Å². The molecular weight excluding hydrogens is 338 g/mol. The summed E-state index contributed by atoms with van der Waals surface area (Å²) >= 11 is 0. The van der Waals surface area contributed by atoms with Gasteiger partial charge in [-0.2, -0.15) is 0 Å². The molecule has 0 unspecified atom stereocenters. The lowest BCUT2D eigenvalue weighted by atomic mass is 10.1. The van der Waals surface area contributed by atoms with Crippen molar-refractivity contribution in [3.05, 3.63) is 83.6 Å². The topological polar surface area (TPSA) is 71.0 Å². The molecule has 0 aliphatic carbocycles. The second kappa shape index (κ2) is 8.89. The van der Waals surface area contributed by atoms with Crippen molar-refractivity contribution in [3.8, 4) is 0 Å². The van der Waals surface area contributed by atoms with Gasteiger partial charge in [0.15, 0.2) is 0 Å². The minimum Gasteiger partial charge on any atom is -0.358 e. The molecule has 1 amide bonds. The number of hydrogen-bond donors (Lipinski definition) is 1. The molecule has 1 aromatic carbocycles. The minimum atomic E-state index is -0.228. The molecule has 3 aromatic rings. The van der Waals surface area contributed by atoms with Crippen molar-refractivity contribution in [1.82, 2.24) is 20.3 Å². The second-order valence-corrected chi connectivity index (χ2v) is 6.46. The van der Waals surface area contributed by atoms with Gasteiger partial charge in [0.2, 0.25) is 0 Å². The summed E-state index contributed by atoms with van der Waals surface area (Å²) in [6, 6.07) is 12.1. The molecule has 0 saturated heterocycles. The summed E-state index contributed by atoms with van der Waals surface area (Å²) in [6.45, 7) is 3.31. The van der Waals surface area contributed by atoms with Gasteiger partial charge in [0.1, 0.15) is 11.5 Å². The van der Waals surface area contributed by atoms with E-state index in [0.717, 1.165) is 24.3 Å². The molecule has 3 rings (SSSR count). The number of anilines is 1. The maximum Gasteiger partial charge on any atom is 0.271 e. The Morgan fingerprint density at radius 1 is 1.00 bits per heavy atom. The summed E-state index contributed by atoms with van der Waals surface area (Å²) in [5.41, 5.74) is 3.78. The first-order valence-corrected chi connectivity index (χ1v) is 8.87. The van der Waals surface area contributed by atoms with Gasteiger partial charge in [0.25, 0.3) is 5.91 Å². The van der Waals surface area contributed by atoms with E-state index in [4.69, 9.17) is 0 Å². The number of aromatic nitrogens is 3. The average molecular weight is 361 g/mol. The molecule has 138 valence electrons. The molecule has 6 heteroatoms. The normalized spacial score (nSPS) is 10.4. The van der Waals surface area contributed by atoms with Crippen molar-refractivity contribution >= 4 is 11.7 Å². The van der Waals surface area contributed by atoms with Gasteiger partial charge < -0.3 is 10.2 Å². The number of carbonyl (C=O) groups excluding carboxylic acids is 1. The number of hydrogen-bond acceptors (Lipinski definition) is 5. The van der Waals surface area contributed by atoms with Crippen LogP contribution in [0.25, 0.3) is 0 Å². The van der Waals surface area contributed by atoms with Crippen LogP contribution in [0.15, 0.2) is 61.2 Å². The SMILES string of the molecule is Cc1ccc(CNC(=O)c2cnc(N(C)CCc3ccncc3)cn2)cc1. The summed E-state index contributed by atoms with van der Waals surface area (Å²) in [7, 11) is 1.96. The van der Waals surface area contributed by atoms with Crippen LogP contribution in [0.5, 0.6) is 0 Å². The van der Waals surface area contributed by atoms with Crippen LogP contribution in [0, 0.1) is 6.92 Å². The number of carbonyl (C=O) groups is 1. The van der Waals surface area contributed by atoms with E-state index >= 15 is 0 Å². The number of nitrogens with zero attached hydrogens (tertiary/aromatic N) is 4. The quantitative estimate of drug-likeness (QED) is 0.701. The highest BCUT2D eigenvalue weighted by atomic mass is 16.1. The Labute approximate surface area is 159 Å². The third-order valence-electron chi connectivity index (χ3n) is 4.32. The van der Waals surface area contributed by atoms with Gasteiger partial charge in [-0.25, -0.2) is 9.97 Å². The van der Waals surface area contributed by atoms with Gasteiger partial charge in [0.05, 0.1) is 12.4 Å². The summed E-state index contributed by atoms with van der Waals surface area (Å²) in [4.78, 5) is 26.9. The number of rotatable bonds is 7. The zero-order valence-corrected chi connectivity index (χ0v) is 15.6. The van der Waals surface area contributed by atoms with Gasteiger partial charge in [-0.3, -0.25) is 9.78 Å². The van der Waals surface area contributed by atoms with Crippen molar-refractivity contribution in [2.45, 2.75) is 19.9 Å². The van der Waals surface area contributed by atoms with Crippen LogP contribution < -0.4 is 10.2 Å². The monoisotopic (exact) mass is 361 g/mol. The van der Waals surface area contributed by atoms with Gasteiger partial charge in [-0.15, -0.1) is 0 Å². The number of amides is 1. The Balaban J connectivity index is 1.52. The van der Waals surface area contributed by atoms with E-state index < -0.39 is 0 Å². The third-order valence-corrected chi connectivity index (χ3v) is 4.32. The van der Waals surface area contributed by atoms with Gasteiger partial charge in [-0.1, -0.05) is 29.8 Å². The Morgan fingerprint density at radius 2 is 1.74 bits per heavy atom. The molecular formula is C21H23N5O. The van der Waals surface area contributed by atoms with Gasteiger partial charge in [0, 0.05) is 32.5 Å². The molecule has 2 aromatic heterocycles. The lowest BCUT2D eigenvalue weighted by Gasteiger charge is -2.17. The zero-order valence-electron chi connectivity index (χ0n) is 15.6. The van der Waals surface area contributed by atoms with E-state index in [-0.39, 0.29) is 5.91 Å². The fraction of sp³-hybridized carbons (Fsp3) is 0.238. The lowest BCUT2D eigenvalue weighted by Crippen LogP contribution is -2.25. The number of pyridine rings is 1. The molecule has 1 N–H and O–H groups in total. The predicted molar refractivity (Wildman–Crippen MR) is 106 cm³/mol. The smallest absolute Gasteiger partial charge is 0.271 e. The number of aryl methyl sites for hydroxylation is 1. The number of benzene rings is 1. The van der Waals surface area contributed by atoms with Crippen molar-refractivity contribution in [3.63, 3.8) is 0 Å². The molecule has 27 heavy (non-hydrogen) atoms. The molecule has 0 saturated carbocycles. The summed E-state index contributed by atoms with van der Waals surface area (Å²) in [5, 5.41) is 2.87. The van der Waals surface area contributed by atoms with E-state index in [2.05, 4.69) is 20.3 Å². The van der Waals surface area contributed by atoms with Crippen LogP contribution in [0.2, 0.25) is 0 Å². The molecule has 0 atom stereocenters. The van der Waals surface area contributed by atoms with E-state index in [0.29, 0.717) is 12.2 Å². The van der Waals surface area contributed by atoms with E-state index in [9.17, 15) is 4.79 Å². The molecule has 6 nitrogen and oxygen atoms in total. The van der Waals surface area contributed by atoms with Crippen LogP contribution in [0.1, 0.15) is 27.2 Å². The van der Waals surface area contributed by atoms with E-state index in [1.807, 2.05) is 55.3 Å². The lowest BCUT2D eigenvalue weighted by molar-refractivity contribution is 0.0945. The van der Waals surface area contributed by atoms with Crippen LogP contribution >= 0.6 is 0 Å². The maximum absolute atomic E-state index is 12.2. The highest BCUT2D eigenvalue weighted by molar-refractivity contribution is 5.91. The standard InChI is InChI=1S/C21H23N5O/c1-16-3-5-18(6-4-16)13-25-21(27)19-14-24-20(15-23-19)26(2)12-9-17-7-10-22-11-8-17/h3-8,10-11,14-15H,9,12-13H2,1-2H3,(H,25,27). The Morgan fingerprint density at radius 3 is 2.41 bits per heavy atom. The first-order valence-electron chi connectivity index (χ1n) is 8.87. The van der Waals surface area contributed by atoms with Crippen molar-refractivity contribution in [2.24, 2.45) is 0 Å². The van der Waals surface area contributed by atoms with Gasteiger partial charge in [-0.05, 0) is 36.6 Å². The third kappa shape index (κ3) is 5.34. The fourth-order valence-electron chi connectivity index (χ4n) is 2.58. The molecule has 0 bridgehead atoms.